The van der Waals surface area contributed by atoms with Crippen LogP contribution in [0.5, 0.6) is 0 Å². The zero-order valence-electron chi connectivity index (χ0n) is 70.9. The number of nitrogens with one attached hydrogen (secondary N) is 2. The van der Waals surface area contributed by atoms with Crippen LogP contribution in [0.2, 0.25) is 0 Å². The minimum absolute atomic E-state index is 0. The Bertz CT molecular complexity index is 2340. The van der Waals surface area contributed by atoms with Gasteiger partial charge in [-0.1, -0.05) is 17.9 Å². The molecule has 0 aliphatic carbocycles. The summed E-state index contributed by atoms with van der Waals surface area (Å²) in [6, 6.07) is 0. The van der Waals surface area contributed by atoms with Crippen molar-refractivity contribution in [1.29, 1.82) is 0 Å². The van der Waals surface area contributed by atoms with Gasteiger partial charge in [-0.15, -0.1) is 35.6 Å². The molecule has 13 nitrogen and oxygen atoms in total. The molecule has 332 valence electrons. The molecule has 4 saturated heterocycles. The highest BCUT2D eigenvalue weighted by atomic mass is 35.5. The number of carbonyl (C=O) groups excluding carboxylic acids is 2. The largest absolute Gasteiger partial charge is 0.444 e. The molecule has 4 aliphatic heterocycles. The summed E-state index contributed by atoms with van der Waals surface area (Å²) in [5.74, 6) is 0. The van der Waals surface area contributed by atoms with Crippen LogP contribution in [0, 0.1) is 0 Å². The molecule has 0 aromatic rings. The molecule has 4 rings (SSSR count). The minimum Gasteiger partial charge on any atom is -0.444 e. The first-order chi connectivity index (χ1) is 39.2. The van der Waals surface area contributed by atoms with Gasteiger partial charge in [0.2, 0.25) is 0 Å². The molecular formula is C39H83Cl3N6O7. The monoisotopic (exact) mass is 891 g/mol. The number of halogens is 3. The highest BCUT2D eigenvalue weighted by molar-refractivity contribution is 6.40. The zero-order valence-corrected chi connectivity index (χ0v) is 35.3. The smallest absolute Gasteiger partial charge is 0.410 e. The number of carbonyl (C=O) groups is 2. The average molecular weight is 893 g/mol. The summed E-state index contributed by atoms with van der Waals surface area (Å²) in [7, 11) is 0. The van der Waals surface area contributed by atoms with E-state index in [-0.39, 0.29) is 43.6 Å². The Morgan fingerprint density at radius 1 is 0.564 bits per heavy atom. The van der Waals surface area contributed by atoms with E-state index in [2.05, 4.69) is 5.04 Å². The molecule has 4 heterocycles. The van der Waals surface area contributed by atoms with Gasteiger partial charge in [-0.05, 0) is 149 Å². The van der Waals surface area contributed by atoms with Gasteiger partial charge in [-0.25, -0.2) is 19.4 Å². The standard InChI is InChI=1S/C10H20N2O2.C9H18N2O2.C8H18O3.C6H13N.C5H11N.CH2Cl2.ClH/c1-10(2,3)14-9(13)12-7-5-11(4)6-8-12;1-9(2,3)13-8(12)11-6-4-10-5-7-11;1-7(2,3)9-11-10-8(4,5)6;1-7-5-3-2-4-6-7;1-2-4-6-5-3-1;2-1-3;/h5-8H2,1-4H3;10H,4-7H2,1-3H3;1-6H3;2-6H2,1H3;6H,1-5H2;1H2;1H/i4D3,5D2,6D2,7D2,8D2;4D2,5D2,6D2,7D2;;1D3,3D2,4D2,5D2,6D2;2D2,3D2,4D2,5D2;;. The number of hydrogen-bond acceptors (Lipinski definition) is 11. The second-order valence-electron chi connectivity index (χ2n) is 13.6. The fourth-order valence-corrected chi connectivity index (χ4v) is 2.06. The molecule has 0 bridgehead atoms. The molecule has 0 radical (unpaired) electrons. The molecule has 2 N–H and O–H groups in total. The average Bonchev–Trinajstić information content (AvgIpc) is 3.17. The van der Waals surface area contributed by atoms with Crippen molar-refractivity contribution < 1.29 is 86.0 Å². The third-order valence-electron chi connectivity index (χ3n) is 3.76. The van der Waals surface area contributed by atoms with Gasteiger partial charge in [0.25, 0.3) is 0 Å². The van der Waals surface area contributed by atoms with Crippen LogP contribution in [0.15, 0.2) is 0 Å². The van der Waals surface area contributed by atoms with E-state index >= 15 is 0 Å². The summed E-state index contributed by atoms with van der Waals surface area (Å²) in [5.41, 5.74) is -2.94. The van der Waals surface area contributed by atoms with Crippen LogP contribution in [-0.2, 0) is 24.3 Å². The Balaban J connectivity index is -0.00000110. The Morgan fingerprint density at radius 2 is 0.909 bits per heavy atom. The fraction of sp³-hybridized carbons (Fsp3) is 0.949. The number of hydrogen-bond donors (Lipinski definition) is 2. The van der Waals surface area contributed by atoms with Gasteiger partial charge >= 0.3 is 12.2 Å². The number of piperazine rings is 2. The van der Waals surface area contributed by atoms with Gasteiger partial charge < -0.3 is 39.7 Å². The minimum atomic E-state index is -3.59. The molecule has 0 spiro atoms. The topological polar surface area (TPSA) is 117 Å². The third-order valence-corrected chi connectivity index (χ3v) is 3.76. The number of likely N-dealkylation sites (tertiary alicyclic amines) is 1. The van der Waals surface area contributed by atoms with E-state index in [0.29, 0.717) is 0 Å². The van der Waals surface area contributed by atoms with E-state index in [9.17, 15) is 9.59 Å². The van der Waals surface area contributed by atoms with Crippen molar-refractivity contribution >= 4 is 47.8 Å². The van der Waals surface area contributed by atoms with Gasteiger partial charge in [-0.2, -0.15) is 0 Å². The maximum absolute atomic E-state index is 12.3. The first-order valence-electron chi connectivity index (χ1n) is 34.6. The fourth-order valence-electron chi connectivity index (χ4n) is 2.06. The summed E-state index contributed by atoms with van der Waals surface area (Å²) >= 11 is 9.53. The predicted octanol–water partition coefficient (Wildman–Crippen LogP) is 8.16. The summed E-state index contributed by atoms with van der Waals surface area (Å²) in [4.78, 5) is 32.8. The Labute approximate surface area is 406 Å². The Hall–Kier alpha value is -0.870. The number of alkyl halides is 2. The molecule has 0 aromatic heterocycles. The van der Waals surface area contributed by atoms with Gasteiger partial charge in [0.1, 0.15) is 11.2 Å². The van der Waals surface area contributed by atoms with Crippen LogP contribution in [0.3, 0.4) is 0 Å². The van der Waals surface area contributed by atoms with E-state index in [4.69, 9.17) is 94.5 Å². The van der Waals surface area contributed by atoms with Crippen molar-refractivity contribution in [3.63, 3.8) is 0 Å². The van der Waals surface area contributed by atoms with Crippen molar-refractivity contribution in [1.82, 2.24) is 30.2 Å². The second-order valence-corrected chi connectivity index (χ2v) is 14.4. The van der Waals surface area contributed by atoms with Crippen molar-refractivity contribution in [3.8, 4) is 0 Å². The Kier molecular flexibility index (Phi) is 11.2. The van der Waals surface area contributed by atoms with Crippen molar-refractivity contribution in [2.75, 3.05) is 97.3 Å². The summed E-state index contributed by atoms with van der Waals surface area (Å²) in [5, 5.41) is 8.11. The van der Waals surface area contributed by atoms with E-state index in [1.807, 2.05) is 41.5 Å². The highest BCUT2D eigenvalue weighted by Crippen LogP contribution is 2.13. The maximum Gasteiger partial charge on any atom is 0.410 e. The molecule has 0 atom stereocenters. The van der Waals surface area contributed by atoms with Crippen molar-refractivity contribution in [3.05, 3.63) is 0 Å². The lowest BCUT2D eigenvalue weighted by Crippen LogP contribution is -2.48. The summed E-state index contributed by atoms with van der Waals surface area (Å²) in [6.07, 6.45) is -15.5. The molecule has 2 amide bonds. The number of rotatable bonds is 2. The van der Waals surface area contributed by atoms with E-state index in [1.165, 1.54) is 41.5 Å². The summed E-state index contributed by atoms with van der Waals surface area (Å²) in [6.45, 7) is -24.9. The normalized spacial score (nSPS) is 43.6. The Morgan fingerprint density at radius 3 is 1.25 bits per heavy atom. The van der Waals surface area contributed by atoms with Crippen LogP contribution in [0.1, 0.15) is 174 Å². The maximum atomic E-state index is 12.3. The number of ether oxygens (including phenoxy) is 2. The summed E-state index contributed by atoms with van der Waals surface area (Å²) < 4.78 is 295. The number of amides is 2. The van der Waals surface area contributed by atoms with Crippen LogP contribution < -0.4 is 10.6 Å². The van der Waals surface area contributed by atoms with E-state index in [0.717, 1.165) is 0 Å². The molecule has 16 heteroatoms. The first kappa shape index (κ1) is 19.2. The number of likely N-dealkylation sites (N-methyl/N-ethyl adjacent to an activating group) is 1. The first-order valence-corrected chi connectivity index (χ1v) is 16.7. The molecule has 4 fully saturated rings. The van der Waals surface area contributed by atoms with Crippen LogP contribution in [0.25, 0.3) is 0 Å². The van der Waals surface area contributed by atoms with Gasteiger partial charge in [-0.3, -0.25) is 0 Å². The van der Waals surface area contributed by atoms with Crippen LogP contribution in [0.4, 0.5) is 9.59 Å². The van der Waals surface area contributed by atoms with E-state index < -0.39 is 159 Å². The SMILES string of the molecule is CC(C)(C)OOOC(C)(C)C.Cl.ClCCl.[2H]C([2H])([2H])N1C([2H])([2H])C([2H])([2H])CC([2H])([2H])C1([2H])[2H].[2H]C([2H])([2H])N1C([2H])([2H])C([2H])([2H])N(C(=O)OC(C)(C)C)C([2H])([2H])C1([2H])[2H].[2H]C1([2H])CC([2H])([2H])C([2H])([2H])NC1([2H])[2H].[2H]C1([2H])NC([2H])([2H])C([2H])([2H])N(C(=O)OC(C)(C)C)C1([2H])[2H]. The highest BCUT2D eigenvalue weighted by Gasteiger charge is 2.25. The zero-order chi connectivity index (χ0) is 75.5. The second kappa shape index (κ2) is 32.0. The van der Waals surface area contributed by atoms with Crippen LogP contribution in [-0.4, -0.2) is 151 Å². The molecule has 55 heavy (non-hydrogen) atoms. The van der Waals surface area contributed by atoms with Gasteiger partial charge in [0.15, 0.2) is 0 Å². The van der Waals surface area contributed by atoms with Crippen LogP contribution >= 0.6 is 35.6 Å². The quantitative estimate of drug-likeness (QED) is 0.159. The molecule has 0 saturated carbocycles. The van der Waals surface area contributed by atoms with Crippen molar-refractivity contribution in [2.24, 2.45) is 0 Å². The predicted molar refractivity (Wildman–Crippen MR) is 231 cm³/mol. The molecular weight excluding hydrogens is 771 g/mol. The van der Waals surface area contributed by atoms with Gasteiger partial charge in [0.05, 0.1) is 27.5 Å². The molecule has 0 unspecified atom stereocenters. The number of piperidine rings is 2. The lowest BCUT2D eigenvalue weighted by atomic mass is 10.1. The van der Waals surface area contributed by atoms with Crippen molar-refractivity contribution in [2.45, 2.75) is 144 Å². The number of nitrogens with zero attached hydrogens (tertiary/aromatic N) is 4. The van der Waals surface area contributed by atoms with Gasteiger partial charge in [0, 0.05) is 93.1 Å². The lowest BCUT2D eigenvalue weighted by molar-refractivity contribution is -0.561. The molecule has 0 aromatic carbocycles. The lowest BCUT2D eigenvalue weighted by Gasteiger charge is -2.33. The van der Waals surface area contributed by atoms with E-state index in [1.54, 1.807) is 10.6 Å². The molecule has 4 aliphatic rings. The third kappa shape index (κ3) is 42.6.